The fourth-order valence-corrected chi connectivity index (χ4v) is 9.24. The number of carbonyl (C=O) groups excluding carboxylic acids is 1. The number of rotatable bonds is 12. The zero-order valence-corrected chi connectivity index (χ0v) is 26.5. The highest BCUT2D eigenvalue weighted by atomic mass is 16.6. The molecule has 2 unspecified atom stereocenters. The number of azo groups is 1. The summed E-state index contributed by atoms with van der Waals surface area (Å²) in [4.78, 5) is 34.8. The number of carbonyl (C=O) groups is 1. The zero-order valence-electron chi connectivity index (χ0n) is 26.5. The third kappa shape index (κ3) is 6.99. The van der Waals surface area contributed by atoms with Gasteiger partial charge in [-0.15, -0.1) is 5.11 Å². The fourth-order valence-electron chi connectivity index (χ4n) is 9.24. The second-order valence-electron chi connectivity index (χ2n) is 14.6. The van der Waals surface area contributed by atoms with Crippen LogP contribution in [-0.2, 0) is 4.79 Å². The van der Waals surface area contributed by atoms with Crippen LogP contribution in [0.1, 0.15) is 105 Å². The van der Waals surface area contributed by atoms with E-state index in [9.17, 15) is 30.1 Å². The minimum absolute atomic E-state index is 0.000179. The van der Waals surface area contributed by atoms with Crippen molar-refractivity contribution in [1.82, 2.24) is 0 Å². The average molecular weight is 599 g/mol. The number of fused-ring (bicyclic) bond motifs is 1. The summed E-state index contributed by atoms with van der Waals surface area (Å²) in [5.74, 6) is 3.11. The molecule has 1 aromatic rings. The lowest BCUT2D eigenvalue weighted by atomic mass is 9.49. The quantitative estimate of drug-likeness (QED) is 0.145. The van der Waals surface area contributed by atoms with Crippen molar-refractivity contribution in [3.8, 4) is 0 Å². The van der Waals surface area contributed by atoms with Crippen molar-refractivity contribution < 1.29 is 19.7 Å². The molecular formula is C33H50N4O6. The number of aliphatic hydroxyl groups is 1. The van der Waals surface area contributed by atoms with Crippen LogP contribution in [0.25, 0.3) is 0 Å². The first-order chi connectivity index (χ1) is 20.3. The maximum atomic E-state index is 13.5. The SMILES string of the molecule is CC(C)CCC[C@@H](C)[C@H]1CCC2[C@H](CCN=Nc3ccc([N+](=O)[O-])cc3[N+](=O)[O-])C([C@@]3(C)CC[C@H](O)CC3=O)CC[C@@]21C. The molecule has 0 radical (unpaired) electrons. The molecule has 3 fully saturated rings. The van der Waals surface area contributed by atoms with Gasteiger partial charge in [0.15, 0.2) is 5.69 Å². The number of nitrogens with zero attached hydrogens (tertiary/aromatic N) is 4. The van der Waals surface area contributed by atoms with Crippen LogP contribution >= 0.6 is 0 Å². The molecule has 238 valence electrons. The Kier molecular flexibility index (Phi) is 10.4. The maximum Gasteiger partial charge on any atom is 0.303 e. The van der Waals surface area contributed by atoms with Gasteiger partial charge in [0.05, 0.1) is 28.6 Å². The highest BCUT2D eigenvalue weighted by Crippen LogP contribution is 2.65. The first-order valence-electron chi connectivity index (χ1n) is 16.3. The van der Waals surface area contributed by atoms with Crippen molar-refractivity contribution in [3.63, 3.8) is 0 Å². The van der Waals surface area contributed by atoms with E-state index in [0.29, 0.717) is 43.1 Å². The Morgan fingerprint density at radius 1 is 1.00 bits per heavy atom. The molecule has 43 heavy (non-hydrogen) atoms. The van der Waals surface area contributed by atoms with Crippen LogP contribution in [0.4, 0.5) is 17.1 Å². The van der Waals surface area contributed by atoms with E-state index < -0.39 is 27.1 Å². The summed E-state index contributed by atoms with van der Waals surface area (Å²) in [6, 6.07) is 3.40. The summed E-state index contributed by atoms with van der Waals surface area (Å²) in [6.07, 6.45) is 9.93. The molecule has 10 nitrogen and oxygen atoms in total. The average Bonchev–Trinajstić information content (AvgIpc) is 3.30. The molecule has 3 aliphatic carbocycles. The molecule has 4 rings (SSSR count). The van der Waals surface area contributed by atoms with E-state index in [1.165, 1.54) is 37.8 Å². The number of non-ortho nitro benzene ring substituents is 1. The molecule has 0 spiro atoms. The van der Waals surface area contributed by atoms with Crippen molar-refractivity contribution >= 4 is 22.8 Å². The molecule has 1 N–H and O–H groups in total. The lowest BCUT2D eigenvalue weighted by Gasteiger charge is -2.55. The Bertz CT molecular complexity index is 1220. The van der Waals surface area contributed by atoms with E-state index >= 15 is 0 Å². The Labute approximate surface area is 255 Å². The third-order valence-electron chi connectivity index (χ3n) is 11.6. The van der Waals surface area contributed by atoms with Gasteiger partial charge in [-0.2, -0.15) is 5.11 Å². The molecule has 0 aliphatic heterocycles. The van der Waals surface area contributed by atoms with Crippen molar-refractivity contribution in [1.29, 1.82) is 0 Å². The van der Waals surface area contributed by atoms with Gasteiger partial charge in [0.2, 0.25) is 0 Å². The highest BCUT2D eigenvalue weighted by molar-refractivity contribution is 5.86. The second-order valence-corrected chi connectivity index (χ2v) is 14.6. The van der Waals surface area contributed by atoms with Crippen LogP contribution in [0.3, 0.4) is 0 Å². The van der Waals surface area contributed by atoms with Gasteiger partial charge in [-0.05, 0) is 91.9 Å². The first kappa shape index (κ1) is 33.1. The summed E-state index contributed by atoms with van der Waals surface area (Å²) in [5.41, 5.74) is -1.08. The van der Waals surface area contributed by atoms with E-state index in [4.69, 9.17) is 0 Å². The van der Waals surface area contributed by atoms with Gasteiger partial charge in [-0.3, -0.25) is 25.0 Å². The van der Waals surface area contributed by atoms with Crippen LogP contribution in [-0.4, -0.2) is 33.4 Å². The summed E-state index contributed by atoms with van der Waals surface area (Å²) in [7, 11) is 0. The van der Waals surface area contributed by atoms with E-state index in [-0.39, 0.29) is 40.8 Å². The summed E-state index contributed by atoms with van der Waals surface area (Å²) < 4.78 is 0. The van der Waals surface area contributed by atoms with E-state index in [1.807, 2.05) is 0 Å². The minimum atomic E-state index is -0.672. The Balaban J connectivity index is 1.56. The zero-order chi connectivity index (χ0) is 31.5. The van der Waals surface area contributed by atoms with Crippen LogP contribution < -0.4 is 0 Å². The molecule has 1 aromatic carbocycles. The predicted octanol–water partition coefficient (Wildman–Crippen LogP) is 8.62. The molecule has 10 heteroatoms. The van der Waals surface area contributed by atoms with Gasteiger partial charge in [0, 0.05) is 17.9 Å². The largest absolute Gasteiger partial charge is 0.393 e. The number of nitro benzene ring substituents is 2. The minimum Gasteiger partial charge on any atom is -0.393 e. The molecule has 3 aliphatic rings. The van der Waals surface area contributed by atoms with E-state index in [1.54, 1.807) is 0 Å². The Morgan fingerprint density at radius 3 is 2.40 bits per heavy atom. The third-order valence-corrected chi connectivity index (χ3v) is 11.6. The standard InChI is InChI=1S/C33H50N4O6/c1-21(2)7-6-8-22(3)26-10-11-27-25(15-18-34-35-29-12-9-23(36(40)41)19-30(29)37(42)43)28(14-17-32(26,27)4)33(5)16-13-24(38)20-31(33)39/h9,12,19,21-22,24-28,38H,6-8,10-11,13-18,20H2,1-5H3/t22-,24+,25+,26-,27?,28?,32-,33-/m1/s1. The van der Waals surface area contributed by atoms with Gasteiger partial charge >= 0.3 is 5.69 Å². The number of ketones is 1. The highest BCUT2D eigenvalue weighted by Gasteiger charge is 2.58. The van der Waals surface area contributed by atoms with Gasteiger partial charge < -0.3 is 5.11 Å². The molecule has 0 bridgehead atoms. The van der Waals surface area contributed by atoms with Crippen LogP contribution in [0.2, 0.25) is 0 Å². The number of hydrogen-bond donors (Lipinski definition) is 1. The van der Waals surface area contributed by atoms with E-state index in [2.05, 4.69) is 44.8 Å². The lowest BCUT2D eigenvalue weighted by Crippen LogP contribution is -2.51. The number of hydrogen-bond acceptors (Lipinski definition) is 8. The van der Waals surface area contributed by atoms with Gasteiger partial charge in [0.1, 0.15) is 5.78 Å². The first-order valence-corrected chi connectivity index (χ1v) is 16.3. The molecule has 0 amide bonds. The lowest BCUT2D eigenvalue weighted by molar-refractivity contribution is -0.393. The summed E-state index contributed by atoms with van der Waals surface area (Å²) in [6.45, 7) is 12.0. The molecule has 0 aromatic heterocycles. The Hall–Kier alpha value is -2.75. The summed E-state index contributed by atoms with van der Waals surface area (Å²) >= 11 is 0. The molecule has 0 heterocycles. The smallest absolute Gasteiger partial charge is 0.303 e. The maximum absolute atomic E-state index is 13.5. The molecule has 3 saturated carbocycles. The summed E-state index contributed by atoms with van der Waals surface area (Å²) in [5, 5.41) is 41.4. The van der Waals surface area contributed by atoms with Crippen LogP contribution in [0, 0.1) is 66.6 Å². The van der Waals surface area contributed by atoms with Gasteiger partial charge in [0.25, 0.3) is 5.69 Å². The van der Waals surface area contributed by atoms with Crippen molar-refractivity contribution in [2.75, 3.05) is 6.54 Å². The topological polar surface area (TPSA) is 148 Å². The fraction of sp³-hybridized carbons (Fsp3) is 0.788. The van der Waals surface area contributed by atoms with Gasteiger partial charge in [-0.25, -0.2) is 0 Å². The van der Waals surface area contributed by atoms with Crippen LogP contribution in [0.15, 0.2) is 28.4 Å². The second kappa shape index (κ2) is 13.5. The number of Topliss-reactive ketones (excluding diaryl/α,β-unsaturated/α-hetero) is 1. The van der Waals surface area contributed by atoms with Gasteiger partial charge in [-0.1, -0.05) is 53.9 Å². The van der Waals surface area contributed by atoms with Crippen molar-refractivity contribution in [2.45, 2.75) is 111 Å². The molecular weight excluding hydrogens is 548 g/mol. The number of nitro groups is 2. The van der Waals surface area contributed by atoms with Crippen LogP contribution in [0.5, 0.6) is 0 Å². The molecule has 0 saturated heterocycles. The van der Waals surface area contributed by atoms with E-state index in [0.717, 1.165) is 31.7 Å². The van der Waals surface area contributed by atoms with Crippen molar-refractivity contribution in [3.05, 3.63) is 38.4 Å². The molecule has 8 atom stereocenters. The monoisotopic (exact) mass is 598 g/mol. The number of benzene rings is 1. The Morgan fingerprint density at radius 2 is 1.74 bits per heavy atom. The van der Waals surface area contributed by atoms with Crippen molar-refractivity contribution in [2.24, 2.45) is 56.6 Å². The normalized spacial score (nSPS) is 33.6. The number of aliphatic hydroxyl groups excluding tert-OH is 1. The predicted molar refractivity (Wildman–Crippen MR) is 165 cm³/mol.